The monoisotopic (exact) mass is 251 g/mol. The van der Waals surface area contributed by atoms with Crippen molar-refractivity contribution < 1.29 is 9.53 Å². The minimum atomic E-state index is -0.196. The van der Waals surface area contributed by atoms with Gasteiger partial charge in [0, 0.05) is 18.1 Å². The number of methoxy groups -OCH3 is 1. The summed E-state index contributed by atoms with van der Waals surface area (Å²) in [5.74, 6) is 0.304. The molecule has 0 amide bonds. The highest BCUT2D eigenvalue weighted by molar-refractivity contribution is 7.99. The average molecular weight is 251 g/mol. The van der Waals surface area contributed by atoms with Crippen LogP contribution in [0, 0.1) is 5.92 Å². The summed E-state index contributed by atoms with van der Waals surface area (Å²) >= 11 is 1.53. The molecule has 0 aromatic carbocycles. The van der Waals surface area contributed by atoms with Crippen molar-refractivity contribution in [3.8, 4) is 0 Å². The van der Waals surface area contributed by atoms with Gasteiger partial charge in [-0.15, -0.1) is 11.8 Å². The third-order valence-corrected chi connectivity index (χ3v) is 3.62. The highest BCUT2D eigenvalue weighted by Crippen LogP contribution is 2.23. The molecule has 6 heteroatoms. The summed E-state index contributed by atoms with van der Waals surface area (Å²) in [6.07, 6.45) is 5.22. The highest BCUT2D eigenvalue weighted by Gasteiger charge is 2.14. The molecule has 2 heterocycles. The molecular weight excluding hydrogens is 238 g/mol. The minimum Gasteiger partial charge on any atom is -0.469 e. The lowest BCUT2D eigenvalue weighted by Crippen LogP contribution is -2.14. The Kier molecular flexibility index (Phi) is 3.63. The van der Waals surface area contributed by atoms with Gasteiger partial charge in [-0.3, -0.25) is 4.79 Å². The Hall–Kier alpha value is -1.56. The number of hydrogen-bond acceptors (Lipinski definition) is 5. The number of rotatable bonds is 4. The molecule has 5 nitrogen and oxygen atoms in total. The maximum atomic E-state index is 11.3. The lowest BCUT2D eigenvalue weighted by Gasteiger charge is -2.08. The molecule has 0 spiro atoms. The van der Waals surface area contributed by atoms with Gasteiger partial charge in [0.15, 0.2) is 0 Å². The van der Waals surface area contributed by atoms with E-state index in [-0.39, 0.29) is 11.9 Å². The van der Waals surface area contributed by atoms with E-state index in [1.807, 2.05) is 13.0 Å². The first-order valence-corrected chi connectivity index (χ1v) is 6.20. The average Bonchev–Trinajstić information content (AvgIpc) is 2.83. The van der Waals surface area contributed by atoms with E-state index in [0.29, 0.717) is 5.75 Å². The zero-order valence-corrected chi connectivity index (χ0v) is 10.5. The third-order valence-electron chi connectivity index (χ3n) is 2.36. The van der Waals surface area contributed by atoms with Crippen molar-refractivity contribution in [2.24, 2.45) is 5.92 Å². The van der Waals surface area contributed by atoms with Gasteiger partial charge in [0.05, 0.1) is 24.7 Å². The molecule has 2 rings (SSSR count). The molecule has 0 N–H and O–H groups in total. The summed E-state index contributed by atoms with van der Waals surface area (Å²) in [4.78, 5) is 15.6. The van der Waals surface area contributed by atoms with Crippen molar-refractivity contribution in [1.29, 1.82) is 0 Å². The summed E-state index contributed by atoms with van der Waals surface area (Å²) in [7, 11) is 1.40. The molecule has 0 aliphatic heterocycles. The minimum absolute atomic E-state index is 0.144. The number of carbonyl (C=O) groups is 1. The topological polar surface area (TPSA) is 56.5 Å². The third kappa shape index (κ3) is 2.58. The molecular formula is C11H13N3O2S. The zero-order valence-electron chi connectivity index (χ0n) is 9.66. The van der Waals surface area contributed by atoms with Crippen molar-refractivity contribution >= 4 is 23.2 Å². The van der Waals surface area contributed by atoms with Gasteiger partial charge < -0.3 is 4.74 Å². The van der Waals surface area contributed by atoms with Gasteiger partial charge in [-0.25, -0.2) is 9.50 Å². The second-order valence-corrected chi connectivity index (χ2v) is 4.64. The lowest BCUT2D eigenvalue weighted by atomic mass is 10.2. The van der Waals surface area contributed by atoms with Crippen LogP contribution in [-0.2, 0) is 9.53 Å². The van der Waals surface area contributed by atoms with Crippen LogP contribution in [0.15, 0.2) is 29.7 Å². The van der Waals surface area contributed by atoms with Crippen LogP contribution in [0.2, 0.25) is 0 Å². The van der Waals surface area contributed by atoms with Crippen LogP contribution < -0.4 is 0 Å². The van der Waals surface area contributed by atoms with Gasteiger partial charge in [0.25, 0.3) is 0 Å². The van der Waals surface area contributed by atoms with Crippen LogP contribution in [0.1, 0.15) is 6.92 Å². The van der Waals surface area contributed by atoms with Gasteiger partial charge in [-0.1, -0.05) is 6.92 Å². The second kappa shape index (κ2) is 5.18. The number of carbonyl (C=O) groups excluding carboxylic acids is 1. The van der Waals surface area contributed by atoms with Gasteiger partial charge in [-0.05, 0) is 6.07 Å². The molecule has 0 saturated heterocycles. The number of aromatic nitrogens is 3. The van der Waals surface area contributed by atoms with Crippen LogP contribution in [0.5, 0.6) is 0 Å². The molecule has 1 unspecified atom stereocenters. The van der Waals surface area contributed by atoms with Crippen molar-refractivity contribution in [3.63, 3.8) is 0 Å². The van der Waals surface area contributed by atoms with Crippen LogP contribution in [0.25, 0.3) is 5.52 Å². The molecule has 0 radical (unpaired) electrons. The summed E-state index contributed by atoms with van der Waals surface area (Å²) in [6, 6.07) is 1.90. The summed E-state index contributed by atoms with van der Waals surface area (Å²) < 4.78 is 6.44. The van der Waals surface area contributed by atoms with Crippen molar-refractivity contribution in [2.45, 2.75) is 11.9 Å². The Labute approximate surface area is 103 Å². The van der Waals surface area contributed by atoms with E-state index in [1.54, 1.807) is 23.1 Å². The van der Waals surface area contributed by atoms with E-state index in [0.717, 1.165) is 10.5 Å². The van der Waals surface area contributed by atoms with Gasteiger partial charge in [0.2, 0.25) is 0 Å². The SMILES string of the molecule is COC(=O)C(C)CSc1nccn2nccc12. The molecule has 1 atom stereocenters. The summed E-state index contributed by atoms with van der Waals surface area (Å²) in [5, 5.41) is 5.01. The fraction of sp³-hybridized carbons (Fsp3) is 0.364. The fourth-order valence-corrected chi connectivity index (χ4v) is 2.41. The number of ether oxygens (including phenoxy) is 1. The number of hydrogen-bond donors (Lipinski definition) is 0. The van der Waals surface area contributed by atoms with Gasteiger partial charge in [0.1, 0.15) is 5.03 Å². The molecule has 17 heavy (non-hydrogen) atoms. The lowest BCUT2D eigenvalue weighted by molar-refractivity contribution is -0.143. The Morgan fingerprint density at radius 2 is 2.41 bits per heavy atom. The normalized spacial score (nSPS) is 12.6. The molecule has 0 aliphatic carbocycles. The van der Waals surface area contributed by atoms with Crippen molar-refractivity contribution in [1.82, 2.24) is 14.6 Å². The summed E-state index contributed by atoms with van der Waals surface area (Å²) in [5.41, 5.74) is 0.953. The van der Waals surface area contributed by atoms with Gasteiger partial charge in [-0.2, -0.15) is 5.10 Å². The highest BCUT2D eigenvalue weighted by atomic mass is 32.2. The smallest absolute Gasteiger partial charge is 0.309 e. The largest absolute Gasteiger partial charge is 0.469 e. The maximum absolute atomic E-state index is 11.3. The Bertz CT molecular complexity index is 526. The van der Waals surface area contributed by atoms with Gasteiger partial charge >= 0.3 is 5.97 Å². The van der Waals surface area contributed by atoms with Crippen molar-refractivity contribution in [3.05, 3.63) is 24.7 Å². The predicted octanol–water partition coefficient (Wildman–Crippen LogP) is 1.63. The quantitative estimate of drug-likeness (QED) is 0.610. The van der Waals surface area contributed by atoms with E-state index in [4.69, 9.17) is 0 Å². The van der Waals surface area contributed by atoms with Crippen molar-refractivity contribution in [2.75, 3.05) is 12.9 Å². The maximum Gasteiger partial charge on any atom is 0.309 e. The molecule has 2 aromatic rings. The first kappa shape index (κ1) is 11.9. The van der Waals surface area contributed by atoms with E-state index >= 15 is 0 Å². The Balaban J connectivity index is 2.09. The second-order valence-electron chi connectivity index (χ2n) is 3.63. The van der Waals surface area contributed by atoms with E-state index < -0.39 is 0 Å². The van der Waals surface area contributed by atoms with E-state index in [1.165, 1.54) is 18.9 Å². The van der Waals surface area contributed by atoms with E-state index in [2.05, 4.69) is 14.8 Å². The number of fused-ring (bicyclic) bond motifs is 1. The molecule has 90 valence electrons. The fourth-order valence-electron chi connectivity index (χ4n) is 1.42. The van der Waals surface area contributed by atoms with Crippen LogP contribution >= 0.6 is 11.8 Å². The zero-order chi connectivity index (χ0) is 12.3. The summed E-state index contributed by atoms with van der Waals surface area (Å²) in [6.45, 7) is 1.84. The molecule has 0 saturated carbocycles. The number of esters is 1. The first-order valence-electron chi connectivity index (χ1n) is 5.21. The molecule has 0 bridgehead atoms. The van der Waals surface area contributed by atoms with Crippen LogP contribution in [-0.4, -0.2) is 33.4 Å². The Morgan fingerprint density at radius 1 is 1.59 bits per heavy atom. The van der Waals surface area contributed by atoms with E-state index in [9.17, 15) is 4.79 Å². The predicted molar refractivity (Wildman–Crippen MR) is 64.9 cm³/mol. The molecule has 0 fully saturated rings. The number of thioether (sulfide) groups is 1. The van der Waals surface area contributed by atoms with Crippen LogP contribution in [0.3, 0.4) is 0 Å². The Morgan fingerprint density at radius 3 is 3.18 bits per heavy atom. The molecule has 2 aromatic heterocycles. The number of nitrogens with zero attached hydrogens (tertiary/aromatic N) is 3. The molecule has 0 aliphatic rings. The standard InChI is InChI=1S/C11H13N3O2S/c1-8(11(15)16-2)7-17-10-9-3-4-13-14(9)6-5-12-10/h3-6,8H,7H2,1-2H3. The first-order chi connectivity index (χ1) is 8.22. The van der Waals surface area contributed by atoms with Crippen LogP contribution in [0.4, 0.5) is 0 Å².